The number of hydrogen-bond donors (Lipinski definition) is 0. The highest BCUT2D eigenvalue weighted by Gasteiger charge is 2.11. The van der Waals surface area contributed by atoms with Gasteiger partial charge in [0.2, 0.25) is 11.1 Å². The molecule has 4 nitrogen and oxygen atoms in total. The van der Waals surface area contributed by atoms with E-state index in [0.29, 0.717) is 10.6 Å². The van der Waals surface area contributed by atoms with Gasteiger partial charge >= 0.3 is 11.4 Å². The molecular formula is C13H12O4S2. The first-order chi connectivity index (χ1) is 9.15. The predicted molar refractivity (Wildman–Crippen MR) is 73.9 cm³/mol. The van der Waals surface area contributed by atoms with Crippen molar-refractivity contribution in [1.29, 1.82) is 0 Å². The summed E-state index contributed by atoms with van der Waals surface area (Å²) in [5.41, 5.74) is 1.06. The highest BCUT2D eigenvalue weighted by atomic mass is 32.3. The molecule has 0 N–H and O–H groups in total. The summed E-state index contributed by atoms with van der Waals surface area (Å²) in [7, 11) is 0. The Labute approximate surface area is 116 Å². The van der Waals surface area contributed by atoms with E-state index in [4.69, 9.17) is 7.81 Å². The SMILES string of the molecule is Cc1ccc(OS(=O)OS(=O)c2ccccc2)cc1. The first kappa shape index (κ1) is 13.9. The fraction of sp³-hybridized carbons (Fsp3) is 0.0769. The van der Waals surface area contributed by atoms with Gasteiger partial charge in [-0.3, -0.25) is 0 Å². The summed E-state index contributed by atoms with van der Waals surface area (Å²) in [6.45, 7) is 1.93. The second-order valence-corrected chi connectivity index (χ2v) is 5.78. The van der Waals surface area contributed by atoms with Gasteiger partial charge in [-0.25, -0.2) is 4.21 Å². The van der Waals surface area contributed by atoms with E-state index in [1.165, 1.54) is 0 Å². The van der Waals surface area contributed by atoms with E-state index in [1.807, 2.05) is 19.1 Å². The van der Waals surface area contributed by atoms with Crippen LogP contribution >= 0.6 is 0 Å². The summed E-state index contributed by atoms with van der Waals surface area (Å²) in [6, 6.07) is 15.5. The van der Waals surface area contributed by atoms with Gasteiger partial charge in [-0.05, 0) is 31.2 Å². The molecule has 0 bridgehead atoms. The fourth-order valence-corrected chi connectivity index (χ4v) is 2.78. The van der Waals surface area contributed by atoms with Crippen LogP contribution in [-0.4, -0.2) is 8.42 Å². The molecule has 0 radical (unpaired) electrons. The van der Waals surface area contributed by atoms with Crippen LogP contribution in [0.3, 0.4) is 0 Å². The van der Waals surface area contributed by atoms with E-state index < -0.39 is 22.4 Å². The minimum absolute atomic E-state index is 0.397. The molecule has 0 aliphatic rings. The van der Waals surface area contributed by atoms with E-state index in [0.717, 1.165) is 5.56 Å². The van der Waals surface area contributed by atoms with Crippen molar-refractivity contribution in [2.45, 2.75) is 11.8 Å². The van der Waals surface area contributed by atoms with Gasteiger partial charge < -0.3 is 4.18 Å². The van der Waals surface area contributed by atoms with Crippen LogP contribution in [0.4, 0.5) is 0 Å². The van der Waals surface area contributed by atoms with Crippen LogP contribution in [0.2, 0.25) is 0 Å². The van der Waals surface area contributed by atoms with Crippen LogP contribution in [0.25, 0.3) is 0 Å². The zero-order chi connectivity index (χ0) is 13.7. The van der Waals surface area contributed by atoms with Crippen molar-refractivity contribution in [2.75, 3.05) is 0 Å². The molecule has 0 aliphatic carbocycles. The number of rotatable bonds is 5. The summed E-state index contributed by atoms with van der Waals surface area (Å²) < 4.78 is 33.1. The van der Waals surface area contributed by atoms with Crippen LogP contribution < -0.4 is 4.18 Å². The molecule has 0 heterocycles. The third kappa shape index (κ3) is 4.27. The van der Waals surface area contributed by atoms with Gasteiger partial charge in [-0.2, -0.15) is 7.84 Å². The maximum atomic E-state index is 11.7. The molecule has 2 aromatic rings. The molecule has 0 saturated heterocycles. The topological polar surface area (TPSA) is 52.6 Å². The molecule has 0 fully saturated rings. The van der Waals surface area contributed by atoms with Gasteiger partial charge in [-0.1, -0.05) is 35.9 Å². The molecule has 2 rings (SSSR count). The number of aryl methyl sites for hydroxylation is 1. The molecule has 2 unspecified atom stereocenters. The van der Waals surface area contributed by atoms with Crippen molar-refractivity contribution in [2.24, 2.45) is 0 Å². The van der Waals surface area contributed by atoms with E-state index in [9.17, 15) is 8.42 Å². The quantitative estimate of drug-likeness (QED) is 0.851. The van der Waals surface area contributed by atoms with Crippen molar-refractivity contribution in [3.63, 3.8) is 0 Å². The third-order valence-corrected chi connectivity index (χ3v) is 4.16. The maximum Gasteiger partial charge on any atom is 0.374 e. The van der Waals surface area contributed by atoms with E-state index in [-0.39, 0.29) is 0 Å². The van der Waals surface area contributed by atoms with Gasteiger partial charge in [-0.15, -0.1) is 0 Å². The van der Waals surface area contributed by atoms with Gasteiger partial charge in [0, 0.05) is 0 Å². The maximum absolute atomic E-state index is 11.7. The van der Waals surface area contributed by atoms with Crippen molar-refractivity contribution < 1.29 is 16.2 Å². The minimum atomic E-state index is -2.11. The molecule has 0 amide bonds. The summed E-state index contributed by atoms with van der Waals surface area (Å²) in [6.07, 6.45) is 0. The first-order valence-electron chi connectivity index (χ1n) is 5.47. The van der Waals surface area contributed by atoms with Crippen LogP contribution in [0.15, 0.2) is 59.5 Å². The summed E-state index contributed by atoms with van der Waals surface area (Å²) in [4.78, 5) is 0.434. The van der Waals surface area contributed by atoms with E-state index in [1.54, 1.807) is 42.5 Å². The highest BCUT2D eigenvalue weighted by molar-refractivity contribution is 7.91. The Bertz CT molecular complexity index is 581. The first-order valence-corrected chi connectivity index (χ1v) is 7.55. The molecule has 0 aliphatic heterocycles. The van der Waals surface area contributed by atoms with E-state index in [2.05, 4.69) is 0 Å². The average Bonchev–Trinajstić information content (AvgIpc) is 2.42. The zero-order valence-electron chi connectivity index (χ0n) is 10.1. The lowest BCUT2D eigenvalue weighted by Gasteiger charge is -2.04. The lowest BCUT2D eigenvalue weighted by Crippen LogP contribution is -2.07. The largest absolute Gasteiger partial charge is 0.379 e. The van der Waals surface area contributed by atoms with Gasteiger partial charge in [0.05, 0.1) is 4.90 Å². The molecule has 2 aromatic carbocycles. The van der Waals surface area contributed by atoms with Crippen molar-refractivity contribution in [1.82, 2.24) is 0 Å². The second-order valence-electron chi connectivity index (χ2n) is 3.72. The van der Waals surface area contributed by atoms with Crippen molar-refractivity contribution in [3.05, 3.63) is 60.2 Å². The van der Waals surface area contributed by atoms with Crippen LogP contribution in [0, 0.1) is 6.92 Å². The Morgan fingerprint density at radius 1 is 0.895 bits per heavy atom. The molecule has 0 spiro atoms. The monoisotopic (exact) mass is 296 g/mol. The average molecular weight is 296 g/mol. The Kier molecular flexibility index (Phi) is 4.84. The predicted octanol–water partition coefficient (Wildman–Crippen LogP) is 2.69. The standard InChI is InChI=1S/C13H12O4S2/c1-11-7-9-12(10-8-11)16-19(15)17-18(14)13-5-3-2-4-6-13/h2-10H,1H3. The number of hydrogen-bond acceptors (Lipinski definition) is 4. The van der Waals surface area contributed by atoms with Gasteiger partial charge in [0.15, 0.2) is 0 Å². The molecule has 2 atom stereocenters. The molecule has 100 valence electrons. The molecule has 0 aromatic heterocycles. The lowest BCUT2D eigenvalue weighted by molar-refractivity contribution is 0.473. The minimum Gasteiger partial charge on any atom is -0.379 e. The Hall–Kier alpha value is -1.50. The van der Waals surface area contributed by atoms with Crippen LogP contribution in [0.5, 0.6) is 5.75 Å². The third-order valence-electron chi connectivity index (χ3n) is 2.24. The van der Waals surface area contributed by atoms with Crippen molar-refractivity contribution in [3.8, 4) is 5.75 Å². The Balaban J connectivity index is 1.95. The fourth-order valence-electron chi connectivity index (χ4n) is 1.31. The van der Waals surface area contributed by atoms with Gasteiger partial charge in [0.1, 0.15) is 5.75 Å². The Morgan fingerprint density at radius 2 is 1.53 bits per heavy atom. The highest BCUT2D eigenvalue weighted by Crippen LogP contribution is 2.15. The van der Waals surface area contributed by atoms with Crippen LogP contribution in [0.1, 0.15) is 5.56 Å². The Morgan fingerprint density at radius 3 is 2.16 bits per heavy atom. The van der Waals surface area contributed by atoms with Crippen LogP contribution in [-0.2, 0) is 26.1 Å². The second kappa shape index (κ2) is 6.60. The summed E-state index contributed by atoms with van der Waals surface area (Å²) in [5, 5.41) is 0. The molecule has 6 heteroatoms. The summed E-state index contributed by atoms with van der Waals surface area (Å²) in [5.74, 6) is 0.397. The normalized spacial score (nSPS) is 13.7. The summed E-state index contributed by atoms with van der Waals surface area (Å²) >= 11 is -3.93. The lowest BCUT2D eigenvalue weighted by atomic mass is 10.2. The van der Waals surface area contributed by atoms with Crippen molar-refractivity contribution >= 4 is 22.4 Å². The zero-order valence-corrected chi connectivity index (χ0v) is 11.8. The molecule has 19 heavy (non-hydrogen) atoms. The van der Waals surface area contributed by atoms with E-state index >= 15 is 0 Å². The smallest absolute Gasteiger partial charge is 0.374 e. The molecule has 0 saturated carbocycles. The molecular weight excluding hydrogens is 284 g/mol. The van der Waals surface area contributed by atoms with Gasteiger partial charge in [0.25, 0.3) is 0 Å². The number of benzene rings is 2.